The molecule has 13 heavy (non-hydrogen) atoms. The van der Waals surface area contributed by atoms with E-state index in [0.717, 1.165) is 11.1 Å². The van der Waals surface area contributed by atoms with E-state index >= 15 is 0 Å². The predicted octanol–water partition coefficient (Wildman–Crippen LogP) is 2.77. The lowest BCUT2D eigenvalue weighted by atomic mass is 10.1. The fourth-order valence-electron chi connectivity index (χ4n) is 1.07. The van der Waals surface area contributed by atoms with Gasteiger partial charge in [-0.25, -0.2) is 4.98 Å². The maximum Gasteiger partial charge on any atom is 0.213 e. The van der Waals surface area contributed by atoms with Crippen molar-refractivity contribution in [1.29, 1.82) is 0 Å². The van der Waals surface area contributed by atoms with Gasteiger partial charge in [-0.15, -0.1) is 0 Å². The molecule has 0 aromatic carbocycles. The van der Waals surface area contributed by atoms with Crippen molar-refractivity contribution in [3.63, 3.8) is 0 Å². The summed E-state index contributed by atoms with van der Waals surface area (Å²) in [5, 5.41) is 0. The molecule has 0 N–H and O–H groups in total. The van der Waals surface area contributed by atoms with Crippen LogP contribution in [0.5, 0.6) is 5.88 Å². The zero-order valence-electron chi connectivity index (χ0n) is 7.95. The Balaban J connectivity index is 3.15. The van der Waals surface area contributed by atoms with Gasteiger partial charge in [-0.2, -0.15) is 0 Å². The van der Waals surface area contributed by atoms with Gasteiger partial charge >= 0.3 is 0 Å². The molecule has 2 nitrogen and oxygen atoms in total. The Hall–Kier alpha value is -1.57. The minimum absolute atomic E-state index is 0.614. The molecule has 0 aliphatic carbocycles. The fraction of sp³-hybridized carbons (Fsp3) is 0.182. The maximum absolute atomic E-state index is 5.01. The van der Waals surface area contributed by atoms with Crippen molar-refractivity contribution in [2.24, 2.45) is 0 Å². The van der Waals surface area contributed by atoms with Crippen LogP contribution in [0.2, 0.25) is 0 Å². The molecule has 1 aromatic rings. The minimum atomic E-state index is 0.614. The van der Waals surface area contributed by atoms with Crippen molar-refractivity contribution in [1.82, 2.24) is 4.98 Å². The number of pyridine rings is 1. The maximum atomic E-state index is 5.01. The van der Waals surface area contributed by atoms with Crippen LogP contribution < -0.4 is 4.74 Å². The molecule has 0 radical (unpaired) electrons. The van der Waals surface area contributed by atoms with Crippen LogP contribution in [0.1, 0.15) is 18.1 Å². The molecule has 2 heteroatoms. The zero-order chi connectivity index (χ0) is 9.68. The number of allylic oxidation sites excluding steroid dienone is 1. The lowest BCUT2D eigenvalue weighted by Crippen LogP contribution is -1.90. The van der Waals surface area contributed by atoms with E-state index in [1.807, 2.05) is 25.1 Å². The number of hydrogen-bond acceptors (Lipinski definition) is 2. The van der Waals surface area contributed by atoms with Gasteiger partial charge < -0.3 is 4.74 Å². The van der Waals surface area contributed by atoms with Gasteiger partial charge in [-0.1, -0.05) is 24.8 Å². The summed E-state index contributed by atoms with van der Waals surface area (Å²) in [5.74, 6) is 0.614. The first-order chi connectivity index (χ1) is 6.31. The Kier molecular flexibility index (Phi) is 3.26. The molecule has 0 aliphatic rings. The molecular formula is C11H13NO. The first-order valence-electron chi connectivity index (χ1n) is 4.11. The van der Waals surface area contributed by atoms with Gasteiger partial charge in [-0.3, -0.25) is 0 Å². The average molecular weight is 175 g/mol. The molecule has 0 fully saturated rings. The fourth-order valence-corrected chi connectivity index (χ4v) is 1.07. The third kappa shape index (κ3) is 2.18. The molecule has 0 aliphatic heterocycles. The van der Waals surface area contributed by atoms with E-state index in [-0.39, 0.29) is 0 Å². The van der Waals surface area contributed by atoms with Crippen LogP contribution in [-0.2, 0) is 0 Å². The molecule has 1 aromatic heterocycles. The van der Waals surface area contributed by atoms with Crippen molar-refractivity contribution in [2.75, 3.05) is 7.11 Å². The minimum Gasteiger partial charge on any atom is -0.481 e. The second-order valence-electron chi connectivity index (χ2n) is 2.56. The van der Waals surface area contributed by atoms with Crippen molar-refractivity contribution >= 4 is 12.2 Å². The number of ether oxygens (including phenoxy) is 1. The smallest absolute Gasteiger partial charge is 0.213 e. The van der Waals surface area contributed by atoms with Crippen LogP contribution in [0.4, 0.5) is 0 Å². The Morgan fingerprint density at radius 1 is 1.46 bits per heavy atom. The van der Waals surface area contributed by atoms with Crippen molar-refractivity contribution in [2.45, 2.75) is 6.92 Å². The summed E-state index contributed by atoms with van der Waals surface area (Å²) < 4.78 is 5.01. The first-order valence-corrected chi connectivity index (χ1v) is 4.11. The van der Waals surface area contributed by atoms with Crippen LogP contribution in [0, 0.1) is 0 Å². The van der Waals surface area contributed by atoms with Crippen molar-refractivity contribution in [3.8, 4) is 5.88 Å². The van der Waals surface area contributed by atoms with Crippen LogP contribution in [0.25, 0.3) is 12.2 Å². The van der Waals surface area contributed by atoms with Gasteiger partial charge in [-0.05, 0) is 18.1 Å². The number of methoxy groups -OCH3 is 1. The van der Waals surface area contributed by atoms with Crippen LogP contribution in [-0.4, -0.2) is 12.1 Å². The molecule has 0 spiro atoms. The summed E-state index contributed by atoms with van der Waals surface area (Å²) in [7, 11) is 1.60. The van der Waals surface area contributed by atoms with Gasteiger partial charge in [0.1, 0.15) is 0 Å². The lowest BCUT2D eigenvalue weighted by molar-refractivity contribution is 0.397. The van der Waals surface area contributed by atoms with E-state index in [4.69, 9.17) is 4.74 Å². The lowest BCUT2D eigenvalue weighted by Gasteiger charge is -2.03. The third-order valence-electron chi connectivity index (χ3n) is 1.72. The number of hydrogen-bond donors (Lipinski definition) is 0. The highest BCUT2D eigenvalue weighted by atomic mass is 16.5. The summed E-state index contributed by atoms with van der Waals surface area (Å²) in [6, 6.07) is 1.86. The van der Waals surface area contributed by atoms with Crippen LogP contribution in [0.3, 0.4) is 0 Å². The highest BCUT2D eigenvalue weighted by Gasteiger charge is 1.98. The highest BCUT2D eigenvalue weighted by Crippen LogP contribution is 2.16. The molecule has 0 atom stereocenters. The molecular weight excluding hydrogens is 162 g/mol. The summed E-state index contributed by atoms with van der Waals surface area (Å²) in [5.41, 5.74) is 2.09. The predicted molar refractivity (Wildman–Crippen MR) is 55.6 cm³/mol. The molecule has 1 rings (SSSR count). The van der Waals surface area contributed by atoms with Crippen LogP contribution >= 0.6 is 0 Å². The quantitative estimate of drug-likeness (QED) is 0.704. The summed E-state index contributed by atoms with van der Waals surface area (Å²) in [6.07, 6.45) is 7.52. The van der Waals surface area contributed by atoms with Crippen molar-refractivity contribution < 1.29 is 4.74 Å². The van der Waals surface area contributed by atoms with E-state index in [9.17, 15) is 0 Å². The first kappa shape index (κ1) is 9.52. The SMILES string of the molecule is C=Cc1cc(OC)ncc1/C=C\C. The highest BCUT2D eigenvalue weighted by molar-refractivity contribution is 5.64. The van der Waals surface area contributed by atoms with Gasteiger partial charge in [0.05, 0.1) is 7.11 Å². The average Bonchev–Trinajstić information content (AvgIpc) is 2.19. The normalized spacial score (nSPS) is 10.3. The van der Waals surface area contributed by atoms with E-state index < -0.39 is 0 Å². The van der Waals surface area contributed by atoms with Gasteiger partial charge in [0, 0.05) is 12.3 Å². The second kappa shape index (κ2) is 4.45. The Morgan fingerprint density at radius 2 is 2.23 bits per heavy atom. The van der Waals surface area contributed by atoms with Gasteiger partial charge in [0.2, 0.25) is 5.88 Å². The Labute approximate surface area is 78.6 Å². The Morgan fingerprint density at radius 3 is 2.77 bits per heavy atom. The third-order valence-corrected chi connectivity index (χ3v) is 1.72. The van der Waals surface area contributed by atoms with E-state index in [1.54, 1.807) is 19.4 Å². The topological polar surface area (TPSA) is 22.1 Å². The monoisotopic (exact) mass is 175 g/mol. The summed E-state index contributed by atoms with van der Waals surface area (Å²) in [6.45, 7) is 5.70. The summed E-state index contributed by atoms with van der Waals surface area (Å²) in [4.78, 5) is 4.10. The van der Waals surface area contributed by atoms with E-state index in [1.165, 1.54) is 0 Å². The standard InChI is InChI=1S/C11H13NO/c1-4-6-10-8-12-11(13-3)7-9(10)5-2/h4-8H,2H2,1,3H3/b6-4-. The molecule has 0 amide bonds. The number of aromatic nitrogens is 1. The molecule has 0 unspecified atom stereocenters. The molecule has 1 heterocycles. The van der Waals surface area contributed by atoms with Gasteiger partial charge in [0.25, 0.3) is 0 Å². The number of rotatable bonds is 3. The molecule has 68 valence electrons. The Bertz CT molecular complexity index is 329. The molecule has 0 bridgehead atoms. The number of nitrogens with zero attached hydrogens (tertiary/aromatic N) is 1. The van der Waals surface area contributed by atoms with Gasteiger partial charge in [0.15, 0.2) is 0 Å². The largest absolute Gasteiger partial charge is 0.481 e. The molecule has 0 saturated carbocycles. The zero-order valence-corrected chi connectivity index (χ0v) is 7.95. The molecule has 0 saturated heterocycles. The van der Waals surface area contributed by atoms with E-state index in [2.05, 4.69) is 11.6 Å². The summed E-state index contributed by atoms with van der Waals surface area (Å²) >= 11 is 0. The van der Waals surface area contributed by atoms with E-state index in [0.29, 0.717) is 5.88 Å². The second-order valence-corrected chi connectivity index (χ2v) is 2.56. The van der Waals surface area contributed by atoms with Crippen molar-refractivity contribution in [3.05, 3.63) is 36.0 Å². The van der Waals surface area contributed by atoms with Crippen LogP contribution in [0.15, 0.2) is 24.9 Å².